The van der Waals surface area contributed by atoms with E-state index in [0.29, 0.717) is 32.0 Å². The summed E-state index contributed by atoms with van der Waals surface area (Å²) in [6.45, 7) is 1.25. The second-order valence-electron chi connectivity index (χ2n) is 5.43. The smallest absolute Gasteiger partial charge is 0.231 e. The minimum absolute atomic E-state index is 0.176. The highest BCUT2D eigenvalue weighted by atomic mass is 35.5. The molecule has 0 radical (unpaired) electrons. The van der Waals surface area contributed by atoms with E-state index in [0.717, 1.165) is 11.8 Å². The summed E-state index contributed by atoms with van der Waals surface area (Å²) in [6, 6.07) is 12.0. The van der Waals surface area contributed by atoms with Gasteiger partial charge in [0.15, 0.2) is 5.78 Å². The van der Waals surface area contributed by atoms with E-state index in [1.54, 1.807) is 48.5 Å². The maximum absolute atomic E-state index is 11.8. The summed E-state index contributed by atoms with van der Waals surface area (Å²) < 4.78 is 5.75. The van der Waals surface area contributed by atoms with Gasteiger partial charge in [0.1, 0.15) is 22.8 Å². The lowest BCUT2D eigenvalue weighted by atomic mass is 10.1. The van der Waals surface area contributed by atoms with Crippen molar-refractivity contribution < 1.29 is 19.4 Å². The van der Waals surface area contributed by atoms with Crippen LogP contribution < -0.4 is 4.74 Å². The molecule has 1 heterocycles. The van der Waals surface area contributed by atoms with Crippen LogP contribution in [-0.4, -0.2) is 16.0 Å². The Bertz CT molecular complexity index is 979. The van der Waals surface area contributed by atoms with E-state index in [2.05, 4.69) is 0 Å². The molecule has 4 nitrogen and oxygen atoms in total. The lowest BCUT2D eigenvalue weighted by molar-refractivity contribution is -0.116. The largest absolute Gasteiger partial charge is 0.506 e. The molecule has 26 heavy (non-hydrogen) atoms. The van der Waals surface area contributed by atoms with E-state index < -0.39 is 10.9 Å². The highest BCUT2D eigenvalue weighted by molar-refractivity contribution is 8.18. The number of Topliss-reactive ketones (excluding diaryl/α,β-unsaturated/α-hetero) is 1. The molecule has 2 aromatic rings. The fourth-order valence-corrected chi connectivity index (χ4v) is 3.55. The van der Waals surface area contributed by atoms with Crippen molar-refractivity contribution in [1.82, 2.24) is 0 Å². The van der Waals surface area contributed by atoms with E-state index in [9.17, 15) is 14.7 Å². The molecular formula is C19H12Cl2O4S. The van der Waals surface area contributed by atoms with Crippen molar-refractivity contribution in [3.8, 4) is 11.5 Å². The minimum Gasteiger partial charge on any atom is -0.506 e. The Labute approximate surface area is 164 Å². The number of ketones is 1. The maximum atomic E-state index is 11.8. The molecule has 0 aromatic heterocycles. The average molecular weight is 407 g/mol. The summed E-state index contributed by atoms with van der Waals surface area (Å²) in [4.78, 5) is 23.6. The molecule has 132 valence electrons. The molecule has 0 atom stereocenters. The second-order valence-corrected chi connectivity index (χ2v) is 7.26. The minimum atomic E-state index is -0.458. The van der Waals surface area contributed by atoms with Gasteiger partial charge in [-0.3, -0.25) is 9.59 Å². The Hall–Kier alpha value is -2.21. The van der Waals surface area contributed by atoms with Crippen molar-refractivity contribution in [3.63, 3.8) is 0 Å². The summed E-state index contributed by atoms with van der Waals surface area (Å²) in [5.41, 5.74) is 0.527. The molecule has 0 aliphatic carbocycles. The lowest BCUT2D eigenvalue weighted by Crippen LogP contribution is -2.03. The number of hydrogen-bond acceptors (Lipinski definition) is 5. The Kier molecular flexibility index (Phi) is 5.41. The van der Waals surface area contributed by atoms with Crippen LogP contribution in [0.4, 0.5) is 0 Å². The molecule has 0 spiro atoms. The number of carbonyl (C=O) groups excluding carboxylic acids is 2. The van der Waals surface area contributed by atoms with Crippen LogP contribution in [0.3, 0.4) is 0 Å². The number of hydrogen-bond donors (Lipinski definition) is 1. The zero-order chi connectivity index (χ0) is 18.8. The quantitative estimate of drug-likeness (QED) is 0.649. The molecule has 0 amide bonds. The third kappa shape index (κ3) is 3.96. The van der Waals surface area contributed by atoms with Gasteiger partial charge in [0.05, 0.1) is 15.0 Å². The number of benzene rings is 2. The number of carbonyl (C=O) groups is 2. The van der Waals surface area contributed by atoms with Crippen LogP contribution in [-0.2, 0) is 9.59 Å². The second kappa shape index (κ2) is 7.58. The molecule has 2 aromatic carbocycles. The molecule has 1 N–H and O–H groups in total. The number of ether oxygens (including phenoxy) is 1. The molecule has 1 aliphatic heterocycles. The first-order chi connectivity index (χ1) is 12.3. The number of rotatable bonds is 4. The van der Waals surface area contributed by atoms with Crippen LogP contribution in [0.5, 0.6) is 11.5 Å². The summed E-state index contributed by atoms with van der Waals surface area (Å²) in [7, 11) is 0. The van der Waals surface area contributed by atoms with Crippen LogP contribution in [0.15, 0.2) is 58.7 Å². The SMILES string of the molecule is CC(=O)C1=C(O)/C(=C/c2cccc(Oc3ccc(Cl)c(Cl)c3)c2)SC1=O. The normalized spacial score (nSPS) is 15.7. The van der Waals surface area contributed by atoms with Crippen LogP contribution in [0.25, 0.3) is 6.08 Å². The van der Waals surface area contributed by atoms with Crippen molar-refractivity contribution in [3.05, 3.63) is 74.3 Å². The number of halogens is 2. The predicted octanol–water partition coefficient (Wildman–Crippen LogP) is 5.80. The molecule has 7 heteroatoms. The van der Waals surface area contributed by atoms with Gasteiger partial charge >= 0.3 is 0 Å². The van der Waals surface area contributed by atoms with E-state index in [4.69, 9.17) is 27.9 Å². The van der Waals surface area contributed by atoms with Gasteiger partial charge in [0.25, 0.3) is 0 Å². The van der Waals surface area contributed by atoms with E-state index in [-0.39, 0.29) is 11.3 Å². The summed E-state index contributed by atoms with van der Waals surface area (Å²) in [5, 5.41) is 10.5. The van der Waals surface area contributed by atoms with Crippen molar-refractivity contribution >= 4 is 51.9 Å². The molecule has 0 unspecified atom stereocenters. The fraction of sp³-hybridized carbons (Fsp3) is 0.0526. The molecule has 0 saturated heterocycles. The Morgan fingerprint density at radius 2 is 1.85 bits per heavy atom. The average Bonchev–Trinajstić information content (AvgIpc) is 2.85. The van der Waals surface area contributed by atoms with Gasteiger partial charge in [-0.25, -0.2) is 0 Å². The number of aliphatic hydroxyl groups is 1. The number of thioether (sulfide) groups is 1. The van der Waals surface area contributed by atoms with Gasteiger partial charge in [-0.15, -0.1) is 0 Å². The molecule has 1 aliphatic rings. The third-order valence-electron chi connectivity index (χ3n) is 3.51. The first-order valence-corrected chi connectivity index (χ1v) is 9.04. The number of aliphatic hydroxyl groups excluding tert-OH is 1. The first-order valence-electron chi connectivity index (χ1n) is 7.46. The van der Waals surface area contributed by atoms with Crippen LogP contribution in [0.2, 0.25) is 10.0 Å². The molecule has 3 rings (SSSR count). The van der Waals surface area contributed by atoms with Gasteiger partial charge in [0.2, 0.25) is 5.12 Å². The highest BCUT2D eigenvalue weighted by Gasteiger charge is 2.31. The predicted molar refractivity (Wildman–Crippen MR) is 104 cm³/mol. The fourth-order valence-electron chi connectivity index (χ4n) is 2.32. The van der Waals surface area contributed by atoms with Gasteiger partial charge in [0, 0.05) is 6.07 Å². The first kappa shape index (κ1) is 18.6. The van der Waals surface area contributed by atoms with Crippen LogP contribution in [0.1, 0.15) is 12.5 Å². The monoisotopic (exact) mass is 406 g/mol. The van der Waals surface area contributed by atoms with Crippen molar-refractivity contribution in [2.24, 2.45) is 0 Å². The maximum Gasteiger partial charge on any atom is 0.231 e. The Morgan fingerprint density at radius 1 is 1.12 bits per heavy atom. The van der Waals surface area contributed by atoms with Crippen molar-refractivity contribution in [2.45, 2.75) is 6.92 Å². The van der Waals surface area contributed by atoms with Gasteiger partial charge in [-0.1, -0.05) is 35.3 Å². The Balaban J connectivity index is 1.87. The molecule has 0 bridgehead atoms. The van der Waals surface area contributed by atoms with Gasteiger partial charge < -0.3 is 9.84 Å². The van der Waals surface area contributed by atoms with E-state index >= 15 is 0 Å². The standard InChI is InChI=1S/C19H12Cl2O4S/c1-10(22)17-18(23)16(26-19(17)24)8-11-3-2-4-12(7-11)25-13-5-6-14(20)15(21)9-13/h2-9,23H,1H3/b16-8-. The summed E-state index contributed by atoms with van der Waals surface area (Å²) in [6.07, 6.45) is 1.62. The zero-order valence-electron chi connectivity index (χ0n) is 13.5. The van der Waals surface area contributed by atoms with E-state index in [1.165, 1.54) is 6.92 Å². The summed E-state index contributed by atoms with van der Waals surface area (Å²) in [5.74, 6) is 0.321. The van der Waals surface area contributed by atoms with Crippen LogP contribution in [0, 0.1) is 0 Å². The highest BCUT2D eigenvalue weighted by Crippen LogP contribution is 2.38. The summed E-state index contributed by atoms with van der Waals surface area (Å²) >= 11 is 12.7. The van der Waals surface area contributed by atoms with Crippen molar-refractivity contribution in [1.29, 1.82) is 0 Å². The molecular weight excluding hydrogens is 395 g/mol. The third-order valence-corrected chi connectivity index (χ3v) is 5.17. The topological polar surface area (TPSA) is 63.6 Å². The van der Waals surface area contributed by atoms with Crippen LogP contribution >= 0.6 is 35.0 Å². The zero-order valence-corrected chi connectivity index (χ0v) is 15.8. The van der Waals surface area contributed by atoms with Gasteiger partial charge in [-0.2, -0.15) is 0 Å². The Morgan fingerprint density at radius 3 is 2.50 bits per heavy atom. The van der Waals surface area contributed by atoms with Gasteiger partial charge in [-0.05, 0) is 54.6 Å². The van der Waals surface area contributed by atoms with Crippen molar-refractivity contribution in [2.75, 3.05) is 0 Å². The lowest BCUT2D eigenvalue weighted by Gasteiger charge is -2.07. The van der Waals surface area contributed by atoms with E-state index in [1.807, 2.05) is 0 Å². The molecule has 0 saturated carbocycles. The molecule has 0 fully saturated rings.